The first-order valence-electron chi connectivity index (χ1n) is 7.90. The molecular weight excluding hydrogens is 482 g/mol. The number of benzene rings is 3. The summed E-state index contributed by atoms with van der Waals surface area (Å²) in [5, 5.41) is 20.8. The van der Waals surface area contributed by atoms with E-state index in [0.717, 1.165) is 18.2 Å². The fourth-order valence-corrected chi connectivity index (χ4v) is 5.70. The highest BCUT2D eigenvalue weighted by molar-refractivity contribution is 7.87. The monoisotopic (exact) mass is 492 g/mol. The Morgan fingerprint density at radius 3 is 1.79 bits per heavy atom. The summed E-state index contributed by atoms with van der Waals surface area (Å²) in [6.07, 6.45) is 0. The van der Waals surface area contributed by atoms with Crippen LogP contribution in [0.15, 0.2) is 54.6 Å². The number of rotatable bonds is 4. The van der Waals surface area contributed by atoms with Crippen LogP contribution >= 0.6 is 46.4 Å². The zero-order valence-electron chi connectivity index (χ0n) is 14.3. The second-order valence-corrected chi connectivity index (χ2v) is 9.24. The molecule has 0 aromatic heterocycles. The molecule has 29 heavy (non-hydrogen) atoms. The summed E-state index contributed by atoms with van der Waals surface area (Å²) in [5.41, 5.74) is -0.974. The number of aromatic hydroxyl groups is 2. The van der Waals surface area contributed by atoms with Crippen molar-refractivity contribution in [3.63, 3.8) is 0 Å². The van der Waals surface area contributed by atoms with E-state index in [1.165, 1.54) is 30.3 Å². The zero-order chi connectivity index (χ0) is 21.6. The quantitative estimate of drug-likeness (QED) is 0.239. The number of phenols is 2. The highest BCUT2D eigenvalue weighted by Gasteiger charge is 2.54. The van der Waals surface area contributed by atoms with Gasteiger partial charge in [0.1, 0.15) is 11.5 Å². The van der Waals surface area contributed by atoms with Crippen LogP contribution in [0.1, 0.15) is 16.7 Å². The van der Waals surface area contributed by atoms with Crippen LogP contribution in [0.2, 0.25) is 20.1 Å². The van der Waals surface area contributed by atoms with E-state index < -0.39 is 31.9 Å². The first-order valence-corrected chi connectivity index (χ1v) is 10.9. The van der Waals surface area contributed by atoms with Crippen LogP contribution in [-0.2, 0) is 14.9 Å². The number of halogens is 4. The van der Waals surface area contributed by atoms with E-state index in [1.807, 2.05) is 0 Å². The molecule has 0 heterocycles. The molecule has 5 nitrogen and oxygen atoms in total. The van der Waals surface area contributed by atoms with Crippen molar-refractivity contribution < 1.29 is 23.2 Å². The van der Waals surface area contributed by atoms with E-state index in [4.69, 9.17) is 46.4 Å². The van der Waals surface area contributed by atoms with Gasteiger partial charge in [-0.15, -0.1) is 0 Å². The molecule has 0 radical (unpaired) electrons. The molecule has 152 valence electrons. The molecule has 0 aliphatic heterocycles. The maximum Gasteiger partial charge on any atom is 0.283 e. The van der Waals surface area contributed by atoms with Crippen molar-refractivity contribution in [2.45, 2.75) is 4.75 Å². The molecular formula is C19H12Cl4O5S. The van der Waals surface area contributed by atoms with E-state index >= 15 is 0 Å². The van der Waals surface area contributed by atoms with E-state index in [-0.39, 0.29) is 31.2 Å². The van der Waals surface area contributed by atoms with E-state index in [0.29, 0.717) is 0 Å². The van der Waals surface area contributed by atoms with Crippen molar-refractivity contribution in [1.82, 2.24) is 0 Å². The SMILES string of the molecule is O=S(=O)(O)C(c1ccccc1Cl)(c1cc(Cl)c(Cl)cc1Cl)c1c(O)cccc1O. The van der Waals surface area contributed by atoms with Gasteiger partial charge in [-0.05, 0) is 30.3 Å². The summed E-state index contributed by atoms with van der Waals surface area (Å²) < 4.78 is 33.9. The Morgan fingerprint density at radius 1 is 0.690 bits per heavy atom. The molecule has 3 aromatic rings. The van der Waals surface area contributed by atoms with E-state index in [2.05, 4.69) is 0 Å². The lowest BCUT2D eigenvalue weighted by molar-refractivity contribution is 0.416. The standard InChI is InChI=1S/C19H12Cl4O5S/c20-12-5-2-1-4-10(12)19(29(26,27)28,18-16(24)6-3-7-17(18)25)11-8-14(22)15(23)9-13(11)21/h1-9,24-25H,(H,26,27,28). The highest BCUT2D eigenvalue weighted by Crippen LogP contribution is 2.54. The minimum Gasteiger partial charge on any atom is -0.507 e. The van der Waals surface area contributed by atoms with Gasteiger partial charge in [-0.2, -0.15) is 8.42 Å². The summed E-state index contributed by atoms with van der Waals surface area (Å²) in [5.74, 6) is -1.24. The van der Waals surface area contributed by atoms with Crippen molar-refractivity contribution in [2.24, 2.45) is 0 Å². The molecule has 3 aromatic carbocycles. The number of hydrogen-bond donors (Lipinski definition) is 3. The average molecular weight is 494 g/mol. The lowest BCUT2D eigenvalue weighted by atomic mass is 9.82. The molecule has 0 saturated carbocycles. The lowest BCUT2D eigenvalue weighted by Gasteiger charge is -2.34. The zero-order valence-corrected chi connectivity index (χ0v) is 18.1. The predicted octanol–water partition coefficient (Wildman–Crippen LogP) is 5.89. The van der Waals surface area contributed by atoms with Crippen LogP contribution < -0.4 is 0 Å². The minimum atomic E-state index is -5.20. The van der Waals surface area contributed by atoms with Crippen molar-refractivity contribution in [3.8, 4) is 11.5 Å². The van der Waals surface area contributed by atoms with Gasteiger partial charge in [0.15, 0.2) is 4.75 Å². The maximum atomic E-state index is 13.0. The topological polar surface area (TPSA) is 94.8 Å². The van der Waals surface area contributed by atoms with Crippen LogP contribution in [0, 0.1) is 0 Å². The van der Waals surface area contributed by atoms with Gasteiger partial charge >= 0.3 is 0 Å². The van der Waals surface area contributed by atoms with Crippen molar-refractivity contribution in [3.05, 3.63) is 91.4 Å². The Labute approximate surface area is 186 Å². The Morgan fingerprint density at radius 2 is 1.24 bits per heavy atom. The third-order valence-corrected chi connectivity index (χ3v) is 7.18. The van der Waals surface area contributed by atoms with Gasteiger partial charge in [-0.25, -0.2) is 0 Å². The van der Waals surface area contributed by atoms with Gasteiger partial charge < -0.3 is 10.2 Å². The highest BCUT2D eigenvalue weighted by atomic mass is 35.5. The Kier molecular flexibility index (Phi) is 5.98. The fourth-order valence-electron chi connectivity index (χ4n) is 3.25. The molecule has 0 aliphatic carbocycles. The van der Waals surface area contributed by atoms with Gasteiger partial charge in [0.2, 0.25) is 0 Å². The smallest absolute Gasteiger partial charge is 0.283 e. The third kappa shape index (κ3) is 3.54. The molecule has 1 unspecified atom stereocenters. The maximum absolute atomic E-state index is 13.0. The van der Waals surface area contributed by atoms with E-state index in [9.17, 15) is 23.2 Å². The van der Waals surface area contributed by atoms with Gasteiger partial charge in [0, 0.05) is 21.2 Å². The van der Waals surface area contributed by atoms with Crippen LogP contribution in [-0.4, -0.2) is 23.2 Å². The van der Waals surface area contributed by atoms with Crippen molar-refractivity contribution in [2.75, 3.05) is 0 Å². The third-order valence-electron chi connectivity index (χ3n) is 4.40. The molecule has 10 heteroatoms. The van der Waals surface area contributed by atoms with Gasteiger partial charge in [0.25, 0.3) is 10.1 Å². The second kappa shape index (κ2) is 7.87. The molecule has 0 aliphatic rings. The van der Waals surface area contributed by atoms with Gasteiger partial charge in [0.05, 0.1) is 15.6 Å². The first-order chi connectivity index (χ1) is 13.5. The normalized spacial score (nSPS) is 13.8. The van der Waals surface area contributed by atoms with Crippen LogP contribution in [0.25, 0.3) is 0 Å². The molecule has 0 spiro atoms. The molecule has 0 amide bonds. The number of phenolic OH excluding ortho intramolecular Hbond substituents is 2. The van der Waals surface area contributed by atoms with Crippen molar-refractivity contribution in [1.29, 1.82) is 0 Å². The second-order valence-electron chi connectivity index (χ2n) is 6.05. The molecule has 0 saturated heterocycles. The summed E-state index contributed by atoms with van der Waals surface area (Å²) >= 11 is 24.7. The molecule has 0 bridgehead atoms. The van der Waals surface area contributed by atoms with Gasteiger partial charge in [-0.3, -0.25) is 4.55 Å². The summed E-state index contributed by atoms with van der Waals surface area (Å²) in [7, 11) is -5.20. The molecule has 0 fully saturated rings. The minimum absolute atomic E-state index is 0.0327. The fraction of sp³-hybridized carbons (Fsp3) is 0.0526. The summed E-state index contributed by atoms with van der Waals surface area (Å²) in [6, 6.07) is 11.6. The van der Waals surface area contributed by atoms with Crippen LogP contribution in [0.5, 0.6) is 11.5 Å². The number of hydrogen-bond acceptors (Lipinski definition) is 4. The Balaban J connectivity index is 2.68. The summed E-state index contributed by atoms with van der Waals surface area (Å²) in [4.78, 5) is 0. The largest absolute Gasteiger partial charge is 0.507 e. The molecule has 3 rings (SSSR count). The van der Waals surface area contributed by atoms with E-state index in [1.54, 1.807) is 6.07 Å². The summed E-state index contributed by atoms with van der Waals surface area (Å²) in [6.45, 7) is 0. The molecule has 1 atom stereocenters. The predicted molar refractivity (Wildman–Crippen MR) is 114 cm³/mol. The first kappa shape index (κ1) is 22.0. The lowest BCUT2D eigenvalue weighted by Crippen LogP contribution is -2.39. The van der Waals surface area contributed by atoms with Crippen molar-refractivity contribution >= 4 is 56.5 Å². The van der Waals surface area contributed by atoms with Gasteiger partial charge in [-0.1, -0.05) is 70.7 Å². The van der Waals surface area contributed by atoms with Crippen LogP contribution in [0.3, 0.4) is 0 Å². The van der Waals surface area contributed by atoms with Crippen LogP contribution in [0.4, 0.5) is 0 Å². The molecule has 3 N–H and O–H groups in total. The Hall–Kier alpha value is -1.67. The Bertz CT molecular complexity index is 1190. The average Bonchev–Trinajstić information content (AvgIpc) is 2.62.